The van der Waals surface area contributed by atoms with Crippen molar-refractivity contribution in [1.82, 2.24) is 15.0 Å². The van der Waals surface area contributed by atoms with Crippen LogP contribution in [-0.4, -0.2) is 47.3 Å². The Bertz CT molecular complexity index is 1040. The van der Waals surface area contributed by atoms with Gasteiger partial charge in [-0.1, -0.05) is 35.0 Å². The molecular weight excluding hydrogens is 412 g/mol. The number of amides is 1. The summed E-state index contributed by atoms with van der Waals surface area (Å²) in [5.74, 6) is 0.852. The number of benzene rings is 2. The first-order valence-electron chi connectivity index (χ1n) is 8.90. The van der Waals surface area contributed by atoms with Crippen LogP contribution in [0.4, 0.5) is 5.69 Å². The number of ether oxygens (including phenoxy) is 3. The van der Waals surface area contributed by atoms with Crippen molar-refractivity contribution in [3.8, 4) is 17.2 Å². The topological polar surface area (TPSA) is 108 Å². The summed E-state index contributed by atoms with van der Waals surface area (Å²) in [5, 5.41) is 21.3. The molecule has 2 aromatic carbocycles. The van der Waals surface area contributed by atoms with E-state index in [4.69, 9.17) is 25.8 Å². The van der Waals surface area contributed by atoms with Gasteiger partial charge in [0, 0.05) is 11.6 Å². The summed E-state index contributed by atoms with van der Waals surface area (Å²) in [5.41, 5.74) is 1.03. The third-order valence-electron chi connectivity index (χ3n) is 4.35. The van der Waals surface area contributed by atoms with Gasteiger partial charge >= 0.3 is 0 Å². The van der Waals surface area contributed by atoms with Crippen molar-refractivity contribution in [1.29, 1.82) is 0 Å². The Kier molecular flexibility index (Phi) is 6.76. The van der Waals surface area contributed by atoms with Crippen molar-refractivity contribution < 1.29 is 24.1 Å². The molecule has 1 atom stereocenters. The second-order valence-electron chi connectivity index (χ2n) is 6.22. The molecule has 0 spiro atoms. The Morgan fingerprint density at radius 3 is 2.53 bits per heavy atom. The molecule has 3 rings (SSSR count). The Balaban J connectivity index is 1.73. The van der Waals surface area contributed by atoms with Crippen LogP contribution in [-0.2, 0) is 6.54 Å². The number of para-hydroxylation sites is 1. The quantitative estimate of drug-likeness (QED) is 0.563. The highest BCUT2D eigenvalue weighted by Gasteiger charge is 2.18. The number of halogens is 1. The van der Waals surface area contributed by atoms with Crippen LogP contribution < -0.4 is 19.5 Å². The third-order valence-corrected chi connectivity index (χ3v) is 4.65. The average Bonchev–Trinajstić information content (AvgIpc) is 3.22. The second kappa shape index (κ2) is 9.47. The Morgan fingerprint density at radius 1 is 1.13 bits per heavy atom. The monoisotopic (exact) mass is 432 g/mol. The molecule has 0 saturated carbocycles. The fourth-order valence-electron chi connectivity index (χ4n) is 2.85. The molecule has 158 valence electrons. The lowest BCUT2D eigenvalue weighted by molar-refractivity contribution is 0.102. The van der Waals surface area contributed by atoms with E-state index in [1.54, 1.807) is 24.3 Å². The van der Waals surface area contributed by atoms with Crippen molar-refractivity contribution >= 4 is 23.2 Å². The van der Waals surface area contributed by atoms with Crippen molar-refractivity contribution in [2.24, 2.45) is 0 Å². The van der Waals surface area contributed by atoms with Crippen LogP contribution in [0.15, 0.2) is 42.6 Å². The first-order valence-corrected chi connectivity index (χ1v) is 9.28. The van der Waals surface area contributed by atoms with Crippen LogP contribution in [0.25, 0.3) is 0 Å². The summed E-state index contributed by atoms with van der Waals surface area (Å²) in [6.45, 7) is 0.0956. The van der Waals surface area contributed by atoms with Gasteiger partial charge in [0.2, 0.25) is 0 Å². The third kappa shape index (κ3) is 4.64. The predicted molar refractivity (Wildman–Crippen MR) is 110 cm³/mol. The van der Waals surface area contributed by atoms with Gasteiger partial charge in [-0.15, -0.1) is 5.10 Å². The number of anilines is 1. The number of rotatable bonds is 8. The molecule has 2 N–H and O–H groups in total. The molecule has 1 aromatic heterocycles. The van der Waals surface area contributed by atoms with E-state index in [1.807, 2.05) is 6.07 Å². The lowest BCUT2D eigenvalue weighted by Gasteiger charge is -2.14. The molecule has 0 aliphatic rings. The highest BCUT2D eigenvalue weighted by Crippen LogP contribution is 2.36. The Morgan fingerprint density at radius 2 is 1.83 bits per heavy atom. The molecule has 0 aliphatic heterocycles. The summed E-state index contributed by atoms with van der Waals surface area (Å²) in [4.78, 5) is 12.6. The van der Waals surface area contributed by atoms with Gasteiger partial charge in [-0.3, -0.25) is 4.79 Å². The van der Waals surface area contributed by atoms with E-state index in [0.29, 0.717) is 33.5 Å². The zero-order chi connectivity index (χ0) is 21.7. The summed E-state index contributed by atoms with van der Waals surface area (Å²) in [6, 6.07) is 10.2. The molecule has 30 heavy (non-hydrogen) atoms. The van der Waals surface area contributed by atoms with Gasteiger partial charge in [-0.2, -0.15) is 0 Å². The molecule has 9 nitrogen and oxygen atoms in total. The molecule has 0 saturated heterocycles. The fourth-order valence-corrected chi connectivity index (χ4v) is 3.09. The number of hydrogen-bond donors (Lipinski definition) is 2. The van der Waals surface area contributed by atoms with E-state index in [2.05, 4.69) is 15.6 Å². The zero-order valence-electron chi connectivity index (χ0n) is 16.6. The number of nitrogens with zero attached hydrogens (tertiary/aromatic N) is 3. The Labute approximate surface area is 178 Å². The van der Waals surface area contributed by atoms with Crippen molar-refractivity contribution in [3.05, 3.63) is 58.9 Å². The predicted octanol–water partition coefficient (Wildman–Crippen LogP) is 2.94. The number of carbonyl (C=O) groups is 1. The maximum Gasteiger partial charge on any atom is 0.277 e. The highest BCUT2D eigenvalue weighted by molar-refractivity contribution is 6.32. The van der Waals surface area contributed by atoms with E-state index in [0.717, 1.165) is 0 Å². The van der Waals surface area contributed by atoms with E-state index >= 15 is 0 Å². The molecular formula is C20H21ClN4O5. The molecule has 1 heterocycles. The van der Waals surface area contributed by atoms with Crippen LogP contribution in [0.5, 0.6) is 17.2 Å². The number of nitrogens with one attached hydrogen (secondary N) is 1. The molecule has 0 aliphatic carbocycles. The highest BCUT2D eigenvalue weighted by atomic mass is 35.5. The van der Waals surface area contributed by atoms with Gasteiger partial charge in [0.05, 0.1) is 44.8 Å². The van der Waals surface area contributed by atoms with Gasteiger partial charge in [0.1, 0.15) is 23.4 Å². The molecule has 0 unspecified atom stereocenters. The maximum absolute atomic E-state index is 12.6. The minimum Gasteiger partial charge on any atom is -0.496 e. The van der Waals surface area contributed by atoms with Crippen LogP contribution in [0.1, 0.15) is 22.2 Å². The van der Waals surface area contributed by atoms with E-state index in [1.165, 1.54) is 38.3 Å². The number of aliphatic hydroxyl groups excluding tert-OH is 1. The smallest absolute Gasteiger partial charge is 0.277 e. The van der Waals surface area contributed by atoms with Gasteiger partial charge in [-0.05, 0) is 12.1 Å². The fraction of sp³-hybridized carbons (Fsp3) is 0.250. The number of hydrogen-bond acceptors (Lipinski definition) is 7. The second-order valence-corrected chi connectivity index (χ2v) is 6.63. The molecule has 0 bridgehead atoms. The average molecular weight is 433 g/mol. The van der Waals surface area contributed by atoms with E-state index in [-0.39, 0.29) is 12.2 Å². The minimum atomic E-state index is -0.890. The minimum absolute atomic E-state index is 0.0659. The van der Waals surface area contributed by atoms with Gasteiger partial charge < -0.3 is 24.6 Å². The van der Waals surface area contributed by atoms with Crippen molar-refractivity contribution in [2.75, 3.05) is 26.6 Å². The standard InChI is InChI=1S/C20H21ClN4O5/c1-28-17-7-5-4-6-12(17)16(26)11-25-10-15(23-24-25)20(27)22-14-8-13(21)18(29-2)9-19(14)30-3/h4-10,16,26H,11H2,1-3H3,(H,22,27)/t16-/m0/s1. The summed E-state index contributed by atoms with van der Waals surface area (Å²) < 4.78 is 17.1. The van der Waals surface area contributed by atoms with E-state index in [9.17, 15) is 9.90 Å². The van der Waals surface area contributed by atoms with Gasteiger partial charge in [-0.25, -0.2) is 4.68 Å². The summed E-state index contributed by atoms with van der Waals surface area (Å²) in [7, 11) is 4.48. The molecule has 0 radical (unpaired) electrons. The van der Waals surface area contributed by atoms with Crippen molar-refractivity contribution in [3.63, 3.8) is 0 Å². The van der Waals surface area contributed by atoms with Crippen LogP contribution in [0.3, 0.4) is 0 Å². The van der Waals surface area contributed by atoms with Crippen LogP contribution >= 0.6 is 11.6 Å². The van der Waals surface area contributed by atoms with Gasteiger partial charge in [0.25, 0.3) is 5.91 Å². The normalized spacial score (nSPS) is 11.6. The van der Waals surface area contributed by atoms with Crippen molar-refractivity contribution in [2.45, 2.75) is 12.6 Å². The summed E-state index contributed by atoms with van der Waals surface area (Å²) >= 11 is 6.13. The number of aromatic nitrogens is 3. The molecule has 1 amide bonds. The van der Waals surface area contributed by atoms with Crippen LogP contribution in [0, 0.1) is 0 Å². The van der Waals surface area contributed by atoms with Gasteiger partial charge in [0.15, 0.2) is 5.69 Å². The molecule has 10 heteroatoms. The zero-order valence-corrected chi connectivity index (χ0v) is 17.4. The molecule has 0 fully saturated rings. The molecule has 3 aromatic rings. The largest absolute Gasteiger partial charge is 0.496 e. The number of methoxy groups -OCH3 is 3. The Hall–Kier alpha value is -3.30. The first kappa shape index (κ1) is 21.4. The lowest BCUT2D eigenvalue weighted by Crippen LogP contribution is -2.13. The number of aliphatic hydroxyl groups is 1. The first-order chi connectivity index (χ1) is 14.5. The van der Waals surface area contributed by atoms with E-state index < -0.39 is 12.0 Å². The van der Waals surface area contributed by atoms with Crippen LogP contribution in [0.2, 0.25) is 5.02 Å². The summed E-state index contributed by atoms with van der Waals surface area (Å²) in [6.07, 6.45) is 0.547. The maximum atomic E-state index is 12.6. The lowest BCUT2D eigenvalue weighted by atomic mass is 10.1. The number of carbonyl (C=O) groups excluding carboxylic acids is 1. The SMILES string of the molecule is COc1cc(OC)c(NC(=O)c2cn(C[C@H](O)c3ccccc3OC)nn2)cc1Cl.